The summed E-state index contributed by atoms with van der Waals surface area (Å²) >= 11 is 0. The molecule has 1 amide bonds. The first-order chi connectivity index (χ1) is 9.54. The van der Waals surface area contributed by atoms with Crippen molar-refractivity contribution >= 4 is 5.91 Å². The average molecular weight is 284 g/mol. The van der Waals surface area contributed by atoms with Crippen LogP contribution in [0.2, 0.25) is 0 Å². The van der Waals surface area contributed by atoms with Gasteiger partial charge in [-0.25, -0.2) is 0 Å². The highest BCUT2D eigenvalue weighted by Crippen LogP contribution is 2.20. The van der Waals surface area contributed by atoms with Gasteiger partial charge in [-0.05, 0) is 44.7 Å². The number of carbonyl (C=O) groups excluding carboxylic acids is 1. The van der Waals surface area contributed by atoms with Gasteiger partial charge in [0.25, 0.3) is 0 Å². The van der Waals surface area contributed by atoms with E-state index in [1.54, 1.807) is 7.11 Å². The number of piperidine rings is 1. The molecule has 0 spiro atoms. The Morgan fingerprint density at radius 3 is 2.50 bits per heavy atom. The van der Waals surface area contributed by atoms with Crippen molar-refractivity contribution in [1.29, 1.82) is 0 Å². The summed E-state index contributed by atoms with van der Waals surface area (Å²) in [6.45, 7) is 9.46. The van der Waals surface area contributed by atoms with Crippen molar-refractivity contribution in [3.05, 3.63) is 0 Å². The number of nitrogens with zero attached hydrogens (tertiary/aromatic N) is 2. The van der Waals surface area contributed by atoms with E-state index in [2.05, 4.69) is 18.7 Å². The molecule has 20 heavy (non-hydrogen) atoms. The molecule has 0 N–H and O–H groups in total. The molecule has 0 aromatic rings. The van der Waals surface area contributed by atoms with Gasteiger partial charge in [-0.15, -0.1) is 0 Å². The molecule has 0 aromatic carbocycles. The van der Waals surface area contributed by atoms with E-state index in [4.69, 9.17) is 4.74 Å². The smallest absolute Gasteiger partial charge is 0.225 e. The highest BCUT2D eigenvalue weighted by molar-refractivity contribution is 5.78. The van der Waals surface area contributed by atoms with Crippen LogP contribution in [0.25, 0.3) is 0 Å². The SMILES string of the molecule is COCCCCN(C)C(=O)C1CCN(CC(C)C)CC1. The van der Waals surface area contributed by atoms with E-state index in [9.17, 15) is 4.79 Å². The fourth-order valence-corrected chi connectivity index (χ4v) is 2.90. The molecule has 1 rings (SSSR count). The monoisotopic (exact) mass is 284 g/mol. The second-order valence-electron chi connectivity index (χ2n) is 6.43. The first-order valence-corrected chi connectivity index (χ1v) is 8.00. The lowest BCUT2D eigenvalue weighted by atomic mass is 9.94. The first-order valence-electron chi connectivity index (χ1n) is 8.00. The van der Waals surface area contributed by atoms with Crippen molar-refractivity contribution in [1.82, 2.24) is 9.80 Å². The van der Waals surface area contributed by atoms with Gasteiger partial charge in [-0.2, -0.15) is 0 Å². The molecular formula is C16H32N2O2. The zero-order valence-electron chi connectivity index (χ0n) is 13.7. The Kier molecular flexibility index (Phi) is 8.15. The number of amides is 1. The molecule has 0 aliphatic carbocycles. The highest BCUT2D eigenvalue weighted by atomic mass is 16.5. The van der Waals surface area contributed by atoms with Gasteiger partial charge in [-0.1, -0.05) is 13.8 Å². The standard InChI is InChI=1S/C16H32N2O2/c1-14(2)13-18-10-7-15(8-11-18)16(19)17(3)9-5-6-12-20-4/h14-15H,5-13H2,1-4H3. The maximum atomic E-state index is 12.4. The Hall–Kier alpha value is -0.610. The Balaban J connectivity index is 2.24. The van der Waals surface area contributed by atoms with E-state index in [-0.39, 0.29) is 5.92 Å². The van der Waals surface area contributed by atoms with Crippen molar-refractivity contribution in [2.75, 3.05) is 46.9 Å². The quantitative estimate of drug-likeness (QED) is 0.641. The Bertz CT molecular complexity index is 274. The highest BCUT2D eigenvalue weighted by Gasteiger charge is 2.26. The van der Waals surface area contributed by atoms with Crippen molar-refractivity contribution < 1.29 is 9.53 Å². The predicted molar refractivity (Wildman–Crippen MR) is 82.7 cm³/mol. The minimum absolute atomic E-state index is 0.242. The topological polar surface area (TPSA) is 32.8 Å². The van der Waals surface area contributed by atoms with E-state index in [1.165, 1.54) is 0 Å². The van der Waals surface area contributed by atoms with Gasteiger partial charge in [0.05, 0.1) is 0 Å². The second kappa shape index (κ2) is 9.35. The minimum Gasteiger partial charge on any atom is -0.385 e. The van der Waals surface area contributed by atoms with Crippen LogP contribution in [0.15, 0.2) is 0 Å². The van der Waals surface area contributed by atoms with E-state index in [0.29, 0.717) is 11.8 Å². The van der Waals surface area contributed by atoms with Crippen LogP contribution in [0, 0.1) is 11.8 Å². The molecule has 0 saturated carbocycles. The largest absolute Gasteiger partial charge is 0.385 e. The van der Waals surface area contributed by atoms with Crippen LogP contribution in [-0.2, 0) is 9.53 Å². The molecule has 1 heterocycles. The van der Waals surface area contributed by atoms with E-state index < -0.39 is 0 Å². The Labute approximate surface area is 124 Å². The molecule has 0 bridgehead atoms. The van der Waals surface area contributed by atoms with Crippen LogP contribution < -0.4 is 0 Å². The van der Waals surface area contributed by atoms with Crippen LogP contribution in [0.5, 0.6) is 0 Å². The number of rotatable bonds is 8. The van der Waals surface area contributed by atoms with Crippen molar-refractivity contribution in [3.8, 4) is 0 Å². The molecule has 1 fully saturated rings. The molecule has 0 aromatic heterocycles. The Morgan fingerprint density at radius 2 is 1.95 bits per heavy atom. The number of unbranched alkanes of at least 4 members (excludes halogenated alkanes) is 1. The summed E-state index contributed by atoms with van der Waals surface area (Å²) in [6.07, 6.45) is 4.10. The third kappa shape index (κ3) is 6.23. The van der Waals surface area contributed by atoms with E-state index >= 15 is 0 Å². The second-order valence-corrected chi connectivity index (χ2v) is 6.43. The number of methoxy groups -OCH3 is 1. The zero-order valence-corrected chi connectivity index (χ0v) is 13.7. The average Bonchev–Trinajstić information content (AvgIpc) is 2.43. The third-order valence-electron chi connectivity index (χ3n) is 4.03. The molecule has 0 atom stereocenters. The summed E-state index contributed by atoms with van der Waals surface area (Å²) in [6, 6.07) is 0. The molecule has 4 heteroatoms. The van der Waals surface area contributed by atoms with Crippen LogP contribution in [-0.4, -0.2) is 62.7 Å². The maximum absolute atomic E-state index is 12.4. The zero-order chi connectivity index (χ0) is 15.0. The van der Waals surface area contributed by atoms with Crippen LogP contribution in [0.3, 0.4) is 0 Å². The Morgan fingerprint density at radius 1 is 1.30 bits per heavy atom. The fourth-order valence-electron chi connectivity index (χ4n) is 2.90. The summed E-state index contributed by atoms with van der Waals surface area (Å²) in [5, 5.41) is 0. The number of ether oxygens (including phenoxy) is 1. The molecule has 0 unspecified atom stereocenters. The lowest BCUT2D eigenvalue weighted by Gasteiger charge is -2.34. The summed E-state index contributed by atoms with van der Waals surface area (Å²) in [5.74, 6) is 1.29. The van der Waals surface area contributed by atoms with Crippen LogP contribution in [0.1, 0.15) is 39.5 Å². The maximum Gasteiger partial charge on any atom is 0.225 e. The van der Waals surface area contributed by atoms with Crippen molar-refractivity contribution in [2.24, 2.45) is 11.8 Å². The van der Waals surface area contributed by atoms with Gasteiger partial charge in [-0.3, -0.25) is 4.79 Å². The van der Waals surface area contributed by atoms with E-state index in [1.807, 2.05) is 11.9 Å². The normalized spacial score (nSPS) is 17.6. The molecule has 1 aliphatic rings. The van der Waals surface area contributed by atoms with Crippen molar-refractivity contribution in [3.63, 3.8) is 0 Å². The minimum atomic E-state index is 0.242. The third-order valence-corrected chi connectivity index (χ3v) is 4.03. The lowest BCUT2D eigenvalue weighted by Crippen LogP contribution is -2.42. The van der Waals surface area contributed by atoms with Crippen molar-refractivity contribution in [2.45, 2.75) is 39.5 Å². The molecule has 4 nitrogen and oxygen atoms in total. The van der Waals surface area contributed by atoms with Crippen LogP contribution in [0.4, 0.5) is 0 Å². The number of likely N-dealkylation sites (tertiary alicyclic amines) is 1. The molecule has 1 aliphatic heterocycles. The summed E-state index contributed by atoms with van der Waals surface area (Å²) in [4.78, 5) is 16.8. The molecular weight excluding hydrogens is 252 g/mol. The lowest BCUT2D eigenvalue weighted by molar-refractivity contribution is -0.135. The number of hydrogen-bond donors (Lipinski definition) is 0. The number of hydrogen-bond acceptors (Lipinski definition) is 3. The molecule has 118 valence electrons. The predicted octanol–water partition coefficient (Wildman–Crippen LogP) is 2.24. The van der Waals surface area contributed by atoms with Crippen LogP contribution >= 0.6 is 0 Å². The number of carbonyl (C=O) groups is 1. The summed E-state index contributed by atoms with van der Waals surface area (Å²) in [7, 11) is 3.66. The molecule has 0 radical (unpaired) electrons. The fraction of sp³-hybridized carbons (Fsp3) is 0.938. The van der Waals surface area contributed by atoms with Gasteiger partial charge >= 0.3 is 0 Å². The van der Waals surface area contributed by atoms with Gasteiger partial charge in [0.2, 0.25) is 5.91 Å². The van der Waals surface area contributed by atoms with Gasteiger partial charge < -0.3 is 14.5 Å². The van der Waals surface area contributed by atoms with Gasteiger partial charge in [0.1, 0.15) is 0 Å². The molecule has 1 saturated heterocycles. The summed E-state index contributed by atoms with van der Waals surface area (Å²) in [5.41, 5.74) is 0. The van der Waals surface area contributed by atoms with Gasteiger partial charge in [0, 0.05) is 39.8 Å². The van der Waals surface area contributed by atoms with E-state index in [0.717, 1.165) is 58.5 Å². The van der Waals surface area contributed by atoms with Gasteiger partial charge in [0.15, 0.2) is 0 Å². The summed E-state index contributed by atoms with van der Waals surface area (Å²) < 4.78 is 5.03. The first kappa shape index (κ1) is 17.4.